The number of hydrogen-bond donors (Lipinski definition) is 1. The summed E-state index contributed by atoms with van der Waals surface area (Å²) in [5.74, 6) is 0. The SMILES string of the molecule is Cc1cccc(C2(C(OC(N)=O)c3ccc(Cl)cc3)CC2)c1. The topological polar surface area (TPSA) is 52.3 Å². The van der Waals surface area contributed by atoms with Gasteiger partial charge in [-0.1, -0.05) is 53.6 Å². The van der Waals surface area contributed by atoms with Gasteiger partial charge in [-0.25, -0.2) is 4.79 Å². The van der Waals surface area contributed by atoms with Crippen LogP contribution in [0, 0.1) is 6.92 Å². The number of carbonyl (C=O) groups is 1. The summed E-state index contributed by atoms with van der Waals surface area (Å²) in [7, 11) is 0. The molecule has 3 rings (SSSR count). The second kappa shape index (κ2) is 5.65. The molecule has 22 heavy (non-hydrogen) atoms. The van der Waals surface area contributed by atoms with E-state index in [0.29, 0.717) is 5.02 Å². The highest BCUT2D eigenvalue weighted by atomic mass is 35.5. The van der Waals surface area contributed by atoms with Crippen LogP contribution in [-0.4, -0.2) is 6.09 Å². The van der Waals surface area contributed by atoms with Gasteiger partial charge in [0, 0.05) is 10.4 Å². The maximum absolute atomic E-state index is 11.4. The lowest BCUT2D eigenvalue weighted by Gasteiger charge is -2.27. The zero-order valence-electron chi connectivity index (χ0n) is 12.4. The first-order valence-electron chi connectivity index (χ1n) is 7.30. The Morgan fingerprint density at radius 1 is 1.23 bits per heavy atom. The zero-order valence-corrected chi connectivity index (χ0v) is 13.1. The van der Waals surface area contributed by atoms with Gasteiger partial charge in [-0.3, -0.25) is 0 Å². The first-order chi connectivity index (χ1) is 10.5. The van der Waals surface area contributed by atoms with E-state index in [1.807, 2.05) is 18.2 Å². The van der Waals surface area contributed by atoms with E-state index in [4.69, 9.17) is 22.1 Å². The molecule has 1 amide bonds. The van der Waals surface area contributed by atoms with E-state index in [0.717, 1.165) is 18.4 Å². The monoisotopic (exact) mass is 315 g/mol. The van der Waals surface area contributed by atoms with Crippen LogP contribution in [0.15, 0.2) is 48.5 Å². The normalized spacial score (nSPS) is 16.8. The summed E-state index contributed by atoms with van der Waals surface area (Å²) in [4.78, 5) is 11.4. The van der Waals surface area contributed by atoms with Crippen LogP contribution in [0.4, 0.5) is 4.79 Å². The number of benzene rings is 2. The molecule has 1 saturated carbocycles. The molecule has 1 fully saturated rings. The van der Waals surface area contributed by atoms with Gasteiger partial charge in [0.2, 0.25) is 0 Å². The lowest BCUT2D eigenvalue weighted by atomic mass is 9.85. The number of halogens is 1. The highest BCUT2D eigenvalue weighted by Crippen LogP contribution is 2.58. The van der Waals surface area contributed by atoms with Crippen molar-refractivity contribution < 1.29 is 9.53 Å². The third kappa shape index (κ3) is 2.81. The zero-order chi connectivity index (χ0) is 15.7. The van der Waals surface area contributed by atoms with Crippen LogP contribution in [-0.2, 0) is 10.2 Å². The van der Waals surface area contributed by atoms with Gasteiger partial charge in [0.1, 0.15) is 6.10 Å². The van der Waals surface area contributed by atoms with E-state index in [2.05, 4.69) is 25.1 Å². The number of amides is 1. The molecule has 1 unspecified atom stereocenters. The summed E-state index contributed by atoms with van der Waals surface area (Å²) in [5, 5.41) is 0.655. The lowest BCUT2D eigenvalue weighted by molar-refractivity contribution is 0.0819. The van der Waals surface area contributed by atoms with Gasteiger partial charge in [-0.05, 0) is 43.0 Å². The Morgan fingerprint density at radius 2 is 1.91 bits per heavy atom. The average molecular weight is 316 g/mol. The van der Waals surface area contributed by atoms with Crippen LogP contribution in [0.1, 0.15) is 35.6 Å². The summed E-state index contributed by atoms with van der Waals surface area (Å²) < 4.78 is 5.49. The van der Waals surface area contributed by atoms with Gasteiger partial charge < -0.3 is 10.5 Å². The highest BCUT2D eigenvalue weighted by Gasteiger charge is 2.53. The number of nitrogens with two attached hydrogens (primary N) is 1. The molecule has 2 N–H and O–H groups in total. The number of hydrogen-bond acceptors (Lipinski definition) is 2. The van der Waals surface area contributed by atoms with Crippen LogP contribution in [0.25, 0.3) is 0 Å². The number of carbonyl (C=O) groups excluding carboxylic acids is 1. The van der Waals surface area contributed by atoms with E-state index >= 15 is 0 Å². The third-order valence-corrected chi connectivity index (χ3v) is 4.54. The maximum atomic E-state index is 11.4. The Morgan fingerprint density at radius 3 is 2.45 bits per heavy atom. The first-order valence-corrected chi connectivity index (χ1v) is 7.68. The molecule has 0 saturated heterocycles. The molecule has 114 valence electrons. The molecule has 0 bridgehead atoms. The van der Waals surface area contributed by atoms with Crippen molar-refractivity contribution in [2.75, 3.05) is 0 Å². The van der Waals surface area contributed by atoms with Crippen molar-refractivity contribution in [3.8, 4) is 0 Å². The van der Waals surface area contributed by atoms with Gasteiger partial charge >= 0.3 is 6.09 Å². The van der Waals surface area contributed by atoms with Gasteiger partial charge in [0.05, 0.1) is 0 Å². The maximum Gasteiger partial charge on any atom is 0.405 e. The fourth-order valence-corrected chi connectivity index (χ4v) is 3.17. The summed E-state index contributed by atoms with van der Waals surface area (Å²) in [6.45, 7) is 2.06. The lowest BCUT2D eigenvalue weighted by Crippen LogP contribution is -2.27. The minimum Gasteiger partial charge on any atom is -0.441 e. The molecular weight excluding hydrogens is 298 g/mol. The van der Waals surface area contributed by atoms with E-state index in [-0.39, 0.29) is 11.5 Å². The average Bonchev–Trinajstić information content (AvgIpc) is 3.27. The van der Waals surface area contributed by atoms with Gasteiger partial charge in [0.25, 0.3) is 0 Å². The molecule has 0 aromatic heterocycles. The highest BCUT2D eigenvalue weighted by molar-refractivity contribution is 6.30. The Balaban J connectivity index is 2.02. The second-order valence-electron chi connectivity index (χ2n) is 5.89. The minimum absolute atomic E-state index is 0.186. The van der Waals surface area contributed by atoms with E-state index in [1.165, 1.54) is 11.1 Å². The summed E-state index contributed by atoms with van der Waals surface area (Å²) >= 11 is 5.96. The van der Waals surface area contributed by atoms with Crippen LogP contribution >= 0.6 is 11.6 Å². The van der Waals surface area contributed by atoms with Crippen LogP contribution < -0.4 is 5.73 Å². The number of aryl methyl sites for hydroxylation is 1. The molecule has 1 aliphatic rings. The molecule has 4 heteroatoms. The van der Waals surface area contributed by atoms with Crippen molar-refractivity contribution in [3.63, 3.8) is 0 Å². The first kappa shape index (κ1) is 14.9. The number of primary amides is 1. The largest absolute Gasteiger partial charge is 0.441 e. The quantitative estimate of drug-likeness (QED) is 0.902. The molecule has 0 spiro atoms. The standard InChI is InChI=1S/C18H18ClNO2/c1-12-3-2-4-14(11-12)18(9-10-18)16(22-17(20)21)13-5-7-15(19)8-6-13/h2-8,11,16H,9-10H2,1H3,(H2,20,21). The van der Waals surface area contributed by atoms with E-state index < -0.39 is 6.09 Å². The van der Waals surface area contributed by atoms with E-state index in [9.17, 15) is 4.79 Å². The van der Waals surface area contributed by atoms with E-state index in [1.54, 1.807) is 12.1 Å². The van der Waals surface area contributed by atoms with Gasteiger partial charge in [0.15, 0.2) is 0 Å². The fraction of sp³-hybridized carbons (Fsp3) is 0.278. The number of ether oxygens (including phenoxy) is 1. The third-order valence-electron chi connectivity index (χ3n) is 4.29. The van der Waals surface area contributed by atoms with Crippen LogP contribution in [0.5, 0.6) is 0 Å². The summed E-state index contributed by atoms with van der Waals surface area (Å²) in [6, 6.07) is 15.7. The molecule has 0 radical (unpaired) electrons. The Labute approximate surface area is 135 Å². The molecule has 1 aliphatic carbocycles. The summed E-state index contributed by atoms with van der Waals surface area (Å²) in [6.07, 6.45) is 0.802. The molecular formula is C18H18ClNO2. The number of rotatable bonds is 4. The second-order valence-corrected chi connectivity index (χ2v) is 6.33. The smallest absolute Gasteiger partial charge is 0.405 e. The van der Waals surface area contributed by atoms with Crippen LogP contribution in [0.2, 0.25) is 5.02 Å². The Hall–Kier alpha value is -2.00. The Bertz CT molecular complexity index is 692. The molecule has 1 atom stereocenters. The van der Waals surface area contributed by atoms with Crippen molar-refractivity contribution >= 4 is 17.7 Å². The van der Waals surface area contributed by atoms with Crippen LogP contribution in [0.3, 0.4) is 0 Å². The van der Waals surface area contributed by atoms with Gasteiger partial charge in [-0.2, -0.15) is 0 Å². The molecule has 0 aliphatic heterocycles. The van der Waals surface area contributed by atoms with Crippen molar-refractivity contribution in [2.45, 2.75) is 31.3 Å². The van der Waals surface area contributed by atoms with Crippen molar-refractivity contribution in [2.24, 2.45) is 5.73 Å². The molecule has 3 nitrogen and oxygen atoms in total. The summed E-state index contributed by atoms with van der Waals surface area (Å²) in [5.41, 5.74) is 8.42. The van der Waals surface area contributed by atoms with Crippen molar-refractivity contribution in [3.05, 3.63) is 70.2 Å². The molecule has 0 heterocycles. The molecule has 2 aromatic carbocycles. The fourth-order valence-electron chi connectivity index (χ4n) is 3.05. The minimum atomic E-state index is -0.751. The van der Waals surface area contributed by atoms with Crippen molar-refractivity contribution in [1.29, 1.82) is 0 Å². The van der Waals surface area contributed by atoms with Gasteiger partial charge in [-0.15, -0.1) is 0 Å². The predicted molar refractivity (Wildman–Crippen MR) is 87.0 cm³/mol. The molecule has 2 aromatic rings. The van der Waals surface area contributed by atoms with Crippen molar-refractivity contribution in [1.82, 2.24) is 0 Å². The predicted octanol–water partition coefficient (Wildman–Crippen LogP) is 4.52. The Kier molecular flexibility index (Phi) is 3.83.